The van der Waals surface area contributed by atoms with Gasteiger partial charge in [0.1, 0.15) is 0 Å². The first-order valence-corrected chi connectivity index (χ1v) is 13.8. The molecule has 2 aliphatic heterocycles. The van der Waals surface area contributed by atoms with Crippen LogP contribution in [0.1, 0.15) is 48.5 Å². The van der Waals surface area contributed by atoms with Gasteiger partial charge in [-0.3, -0.25) is 14.7 Å². The van der Waals surface area contributed by atoms with Crippen LogP contribution >= 0.6 is 11.6 Å². The Kier molecular flexibility index (Phi) is 8.88. The number of carbonyl (C=O) groups excluding carboxylic acids is 1. The van der Waals surface area contributed by atoms with Crippen molar-refractivity contribution in [3.63, 3.8) is 0 Å². The molecule has 2 fully saturated rings. The number of nitrogens with zero attached hydrogens (tertiary/aromatic N) is 3. The van der Waals surface area contributed by atoms with Crippen LogP contribution in [0.3, 0.4) is 0 Å². The van der Waals surface area contributed by atoms with Gasteiger partial charge in [0, 0.05) is 43.0 Å². The summed E-state index contributed by atoms with van der Waals surface area (Å²) in [6.07, 6.45) is 7.48. The summed E-state index contributed by atoms with van der Waals surface area (Å²) in [5.74, 6) is 0.859. The summed E-state index contributed by atoms with van der Waals surface area (Å²) in [6, 6.07) is 22.5. The van der Waals surface area contributed by atoms with Gasteiger partial charge in [-0.2, -0.15) is 0 Å². The number of piperidine rings is 2. The molecule has 1 amide bonds. The van der Waals surface area contributed by atoms with Gasteiger partial charge in [-0.15, -0.1) is 0 Å². The molecule has 0 aliphatic carbocycles. The number of hydrogen-bond donors (Lipinski definition) is 0. The number of hydrogen-bond acceptors (Lipinski definition) is 4. The molecule has 0 bridgehead atoms. The zero-order chi connectivity index (χ0) is 25.5. The molecule has 1 aromatic heterocycles. The Bertz CT molecular complexity index is 1110. The van der Waals surface area contributed by atoms with Crippen molar-refractivity contribution >= 4 is 17.5 Å². The molecule has 6 heteroatoms. The number of ether oxygens (including phenoxy) is 1. The maximum Gasteiger partial charge on any atom is 0.225 e. The zero-order valence-electron chi connectivity index (χ0n) is 21.3. The predicted octanol–water partition coefficient (Wildman–Crippen LogP) is 6.14. The average molecular weight is 518 g/mol. The van der Waals surface area contributed by atoms with E-state index in [9.17, 15) is 4.79 Å². The van der Waals surface area contributed by atoms with E-state index in [2.05, 4.69) is 51.2 Å². The number of amides is 1. The highest BCUT2D eigenvalue weighted by atomic mass is 35.5. The molecule has 0 radical (unpaired) electrons. The molecule has 5 rings (SSSR count). The maximum atomic E-state index is 13.4. The van der Waals surface area contributed by atoms with E-state index in [1.807, 2.05) is 42.7 Å². The van der Waals surface area contributed by atoms with Crippen molar-refractivity contribution in [2.24, 2.45) is 11.8 Å². The van der Waals surface area contributed by atoms with E-state index in [0.29, 0.717) is 18.4 Å². The van der Waals surface area contributed by atoms with Gasteiger partial charge in [-0.05, 0) is 85.6 Å². The van der Waals surface area contributed by atoms with E-state index >= 15 is 0 Å². The summed E-state index contributed by atoms with van der Waals surface area (Å²) in [6.45, 7) is 5.07. The lowest BCUT2D eigenvalue weighted by molar-refractivity contribution is -0.139. The Balaban J connectivity index is 1.14. The molecule has 5 nitrogen and oxygen atoms in total. The second-order valence-corrected chi connectivity index (χ2v) is 10.8. The van der Waals surface area contributed by atoms with Crippen molar-refractivity contribution in [2.75, 3.05) is 26.2 Å². The third kappa shape index (κ3) is 6.98. The largest absolute Gasteiger partial charge is 0.369 e. The van der Waals surface area contributed by atoms with Gasteiger partial charge in [0.2, 0.25) is 5.91 Å². The smallest absolute Gasteiger partial charge is 0.225 e. The Morgan fingerprint density at radius 3 is 2.22 bits per heavy atom. The summed E-state index contributed by atoms with van der Waals surface area (Å²) in [5.41, 5.74) is 3.61. The van der Waals surface area contributed by atoms with E-state index in [-0.39, 0.29) is 12.0 Å². The number of carbonyl (C=O) groups is 1. The lowest BCUT2D eigenvalue weighted by Gasteiger charge is -2.39. The van der Waals surface area contributed by atoms with Crippen molar-refractivity contribution in [3.05, 3.63) is 101 Å². The Morgan fingerprint density at radius 2 is 1.54 bits per heavy atom. The van der Waals surface area contributed by atoms with Gasteiger partial charge in [0.15, 0.2) is 0 Å². The second kappa shape index (κ2) is 12.7. The first-order chi connectivity index (χ1) is 18.2. The number of pyridine rings is 1. The molecule has 2 aliphatic rings. The minimum atomic E-state index is -0.00819. The number of benzene rings is 2. The molecular formula is C31H36ClN3O2. The van der Waals surface area contributed by atoms with Gasteiger partial charge in [0.05, 0.1) is 12.7 Å². The van der Waals surface area contributed by atoms with E-state index in [1.165, 1.54) is 11.1 Å². The van der Waals surface area contributed by atoms with Crippen LogP contribution in [-0.2, 0) is 22.7 Å². The molecule has 3 aromatic rings. The van der Waals surface area contributed by atoms with Crippen LogP contribution in [0.2, 0.25) is 5.02 Å². The Hall–Kier alpha value is -2.73. The first kappa shape index (κ1) is 25.9. The number of likely N-dealkylation sites (tertiary alicyclic amines) is 2. The normalized spacial score (nSPS) is 18.6. The summed E-state index contributed by atoms with van der Waals surface area (Å²) < 4.78 is 6.51. The molecule has 0 N–H and O–H groups in total. The highest BCUT2D eigenvalue weighted by Gasteiger charge is 2.34. The summed E-state index contributed by atoms with van der Waals surface area (Å²) in [5, 5.41) is 0.734. The lowest BCUT2D eigenvalue weighted by Crippen LogP contribution is -2.46. The van der Waals surface area contributed by atoms with Crippen LogP contribution in [0, 0.1) is 11.8 Å². The third-order valence-electron chi connectivity index (χ3n) is 7.84. The van der Waals surface area contributed by atoms with Crippen LogP contribution in [0.5, 0.6) is 0 Å². The molecule has 3 heterocycles. The fraction of sp³-hybridized carbons (Fsp3) is 0.419. The van der Waals surface area contributed by atoms with E-state index in [0.717, 1.165) is 69.0 Å². The minimum Gasteiger partial charge on any atom is -0.369 e. The SMILES string of the molecule is O=C(C1CCN(Cc2ccncc2)CC1)N1CCC(C(OCc2ccccc2)c2ccc(Cl)cc2)CC1. The first-order valence-electron chi connectivity index (χ1n) is 13.5. The fourth-order valence-corrected chi connectivity index (χ4v) is 5.81. The average Bonchev–Trinajstić information content (AvgIpc) is 2.96. The monoisotopic (exact) mass is 517 g/mol. The topological polar surface area (TPSA) is 45.7 Å². The predicted molar refractivity (Wildman–Crippen MR) is 147 cm³/mol. The second-order valence-electron chi connectivity index (χ2n) is 10.3. The molecule has 0 saturated carbocycles. The highest BCUT2D eigenvalue weighted by Crippen LogP contribution is 2.36. The number of aromatic nitrogens is 1. The van der Waals surface area contributed by atoms with Crippen LogP contribution < -0.4 is 0 Å². The standard InChI is InChI=1S/C31H36ClN3O2/c32-29-8-6-26(7-9-29)30(37-23-25-4-2-1-3-5-25)27-14-20-35(21-15-27)31(36)28-12-18-34(19-13-28)22-24-10-16-33-17-11-24/h1-11,16-17,27-28,30H,12-15,18-23H2. The lowest BCUT2D eigenvalue weighted by atomic mass is 9.86. The van der Waals surface area contributed by atoms with Crippen LogP contribution in [0.4, 0.5) is 0 Å². The third-order valence-corrected chi connectivity index (χ3v) is 8.09. The van der Waals surface area contributed by atoms with Crippen molar-refractivity contribution < 1.29 is 9.53 Å². The molecular weight excluding hydrogens is 482 g/mol. The maximum absolute atomic E-state index is 13.4. The molecule has 37 heavy (non-hydrogen) atoms. The van der Waals surface area contributed by atoms with Crippen molar-refractivity contribution in [1.29, 1.82) is 0 Å². The minimum absolute atomic E-state index is 0.00819. The van der Waals surface area contributed by atoms with Crippen LogP contribution in [0.15, 0.2) is 79.1 Å². The fourth-order valence-electron chi connectivity index (χ4n) is 5.68. The van der Waals surface area contributed by atoms with Gasteiger partial charge < -0.3 is 9.64 Å². The molecule has 1 unspecified atom stereocenters. The molecule has 2 aromatic carbocycles. The van der Waals surface area contributed by atoms with Gasteiger partial charge in [0.25, 0.3) is 0 Å². The summed E-state index contributed by atoms with van der Waals surface area (Å²) in [7, 11) is 0. The van der Waals surface area contributed by atoms with Crippen molar-refractivity contribution in [2.45, 2.75) is 44.9 Å². The van der Waals surface area contributed by atoms with Crippen molar-refractivity contribution in [1.82, 2.24) is 14.8 Å². The van der Waals surface area contributed by atoms with E-state index in [4.69, 9.17) is 16.3 Å². The van der Waals surface area contributed by atoms with Crippen LogP contribution in [-0.4, -0.2) is 46.9 Å². The summed E-state index contributed by atoms with van der Waals surface area (Å²) >= 11 is 6.16. The Morgan fingerprint density at radius 1 is 0.865 bits per heavy atom. The summed E-state index contributed by atoms with van der Waals surface area (Å²) in [4.78, 5) is 22.0. The van der Waals surface area contributed by atoms with Crippen LogP contribution in [0.25, 0.3) is 0 Å². The van der Waals surface area contributed by atoms with E-state index < -0.39 is 0 Å². The number of rotatable bonds is 8. The molecule has 2 saturated heterocycles. The quantitative estimate of drug-likeness (QED) is 0.360. The van der Waals surface area contributed by atoms with Gasteiger partial charge in [-0.1, -0.05) is 54.1 Å². The van der Waals surface area contributed by atoms with Gasteiger partial charge in [-0.25, -0.2) is 0 Å². The molecule has 1 atom stereocenters. The highest BCUT2D eigenvalue weighted by molar-refractivity contribution is 6.30. The number of halogens is 1. The van der Waals surface area contributed by atoms with Gasteiger partial charge >= 0.3 is 0 Å². The van der Waals surface area contributed by atoms with E-state index in [1.54, 1.807) is 0 Å². The molecule has 0 spiro atoms. The zero-order valence-corrected chi connectivity index (χ0v) is 22.1. The Labute approximate surface area is 225 Å². The molecule has 194 valence electrons. The van der Waals surface area contributed by atoms with Crippen molar-refractivity contribution in [3.8, 4) is 0 Å².